The number of carbonyl (C=O) groups excluding carboxylic acids is 1. The smallest absolute Gasteiger partial charge is 0.306 e. The van der Waals surface area contributed by atoms with Gasteiger partial charge in [-0.1, -0.05) is 11.6 Å². The molecule has 3 aromatic rings. The average molecular weight is 473 g/mol. The molecular formula is C24H22ClFN2O5. The number of aromatic nitrogens is 1. The SMILES string of the molecule is C[C@H](Oc1ccc2c(-c3ccc(F)cc3Cl)c[nH]c(=O)c2c1)C(=O)N1CCC(C(=O)O)CC1. The lowest BCUT2D eigenvalue weighted by molar-refractivity contribution is -0.147. The van der Waals surface area contributed by atoms with Gasteiger partial charge in [0.15, 0.2) is 6.10 Å². The number of piperidine rings is 1. The van der Waals surface area contributed by atoms with E-state index in [1.54, 1.807) is 36.1 Å². The molecule has 0 aliphatic carbocycles. The van der Waals surface area contributed by atoms with Crippen LogP contribution in [0.4, 0.5) is 4.39 Å². The lowest BCUT2D eigenvalue weighted by Crippen LogP contribution is -2.45. The van der Waals surface area contributed by atoms with Crippen molar-refractivity contribution in [2.75, 3.05) is 13.1 Å². The Bertz CT molecular complexity index is 1280. The van der Waals surface area contributed by atoms with Gasteiger partial charge in [0.1, 0.15) is 11.6 Å². The Morgan fingerprint density at radius 1 is 1.15 bits per heavy atom. The highest BCUT2D eigenvalue weighted by Crippen LogP contribution is 2.33. The van der Waals surface area contributed by atoms with Crippen LogP contribution in [0.2, 0.25) is 5.02 Å². The van der Waals surface area contributed by atoms with Crippen molar-refractivity contribution in [2.45, 2.75) is 25.9 Å². The third-order valence-corrected chi connectivity index (χ3v) is 6.22. The predicted octanol–water partition coefficient (Wildman–Crippen LogP) is 4.08. The number of aliphatic carboxylic acids is 1. The Balaban J connectivity index is 1.56. The van der Waals surface area contributed by atoms with E-state index in [-0.39, 0.29) is 16.5 Å². The van der Waals surface area contributed by atoms with Gasteiger partial charge in [-0.25, -0.2) is 4.39 Å². The van der Waals surface area contributed by atoms with E-state index in [1.807, 2.05) is 0 Å². The van der Waals surface area contributed by atoms with E-state index in [2.05, 4.69) is 4.98 Å². The summed E-state index contributed by atoms with van der Waals surface area (Å²) < 4.78 is 19.3. The van der Waals surface area contributed by atoms with Crippen molar-refractivity contribution in [3.05, 3.63) is 63.8 Å². The van der Waals surface area contributed by atoms with Gasteiger partial charge in [-0.3, -0.25) is 14.4 Å². The molecule has 1 aliphatic rings. The average Bonchev–Trinajstić information content (AvgIpc) is 2.79. The normalized spacial score (nSPS) is 15.4. The van der Waals surface area contributed by atoms with Crippen molar-refractivity contribution in [1.82, 2.24) is 9.88 Å². The molecule has 9 heteroatoms. The molecule has 1 fully saturated rings. The Labute approximate surface area is 193 Å². The number of nitrogens with zero attached hydrogens (tertiary/aromatic N) is 1. The van der Waals surface area contributed by atoms with Crippen molar-refractivity contribution >= 4 is 34.2 Å². The quantitative estimate of drug-likeness (QED) is 0.583. The number of halogens is 2. The van der Waals surface area contributed by atoms with Crippen LogP contribution in [-0.4, -0.2) is 46.1 Å². The van der Waals surface area contributed by atoms with Gasteiger partial charge in [-0.2, -0.15) is 0 Å². The zero-order valence-corrected chi connectivity index (χ0v) is 18.6. The van der Waals surface area contributed by atoms with E-state index in [9.17, 15) is 18.8 Å². The predicted molar refractivity (Wildman–Crippen MR) is 122 cm³/mol. The minimum Gasteiger partial charge on any atom is -0.481 e. The Morgan fingerprint density at radius 3 is 2.55 bits per heavy atom. The van der Waals surface area contributed by atoms with Crippen LogP contribution in [-0.2, 0) is 9.59 Å². The Morgan fingerprint density at radius 2 is 1.88 bits per heavy atom. The molecule has 1 aliphatic heterocycles. The first kappa shape index (κ1) is 22.8. The van der Waals surface area contributed by atoms with Crippen LogP contribution < -0.4 is 10.3 Å². The second kappa shape index (κ2) is 9.23. The number of ether oxygens (including phenoxy) is 1. The van der Waals surface area contributed by atoms with Gasteiger partial charge in [0.2, 0.25) is 0 Å². The number of amides is 1. The summed E-state index contributed by atoms with van der Waals surface area (Å²) in [5, 5.41) is 10.3. The number of rotatable bonds is 5. The fourth-order valence-corrected chi connectivity index (χ4v) is 4.37. The number of H-pyrrole nitrogens is 1. The molecule has 1 saturated heterocycles. The topological polar surface area (TPSA) is 99.7 Å². The third kappa shape index (κ3) is 4.71. The second-order valence-corrected chi connectivity index (χ2v) is 8.47. The molecule has 2 heterocycles. The second-order valence-electron chi connectivity index (χ2n) is 8.06. The first-order valence-corrected chi connectivity index (χ1v) is 10.9. The van der Waals surface area contributed by atoms with E-state index < -0.39 is 23.8 Å². The summed E-state index contributed by atoms with van der Waals surface area (Å²) in [5.41, 5.74) is 0.861. The third-order valence-electron chi connectivity index (χ3n) is 5.91. The Hall–Kier alpha value is -3.39. The van der Waals surface area contributed by atoms with Crippen LogP contribution in [0.1, 0.15) is 19.8 Å². The van der Waals surface area contributed by atoms with Gasteiger partial charge >= 0.3 is 5.97 Å². The first-order valence-electron chi connectivity index (χ1n) is 10.5. The van der Waals surface area contributed by atoms with Crippen LogP contribution in [0.5, 0.6) is 5.75 Å². The zero-order chi connectivity index (χ0) is 23.7. The first-order chi connectivity index (χ1) is 15.7. The molecule has 0 bridgehead atoms. The minimum atomic E-state index is -0.839. The number of fused-ring (bicyclic) bond motifs is 1. The molecule has 4 rings (SSSR count). The number of hydrogen-bond acceptors (Lipinski definition) is 4. The molecule has 1 atom stereocenters. The number of benzene rings is 2. The number of hydrogen-bond donors (Lipinski definition) is 2. The molecule has 0 radical (unpaired) electrons. The fourth-order valence-electron chi connectivity index (χ4n) is 4.10. The lowest BCUT2D eigenvalue weighted by Gasteiger charge is -2.32. The summed E-state index contributed by atoms with van der Waals surface area (Å²) in [6.45, 7) is 2.35. The monoisotopic (exact) mass is 472 g/mol. The number of carboxylic acid groups (broad SMARTS) is 1. The van der Waals surface area contributed by atoms with Gasteiger partial charge in [0.05, 0.1) is 16.3 Å². The van der Waals surface area contributed by atoms with E-state index in [1.165, 1.54) is 18.3 Å². The summed E-state index contributed by atoms with van der Waals surface area (Å²) in [5.74, 6) is -1.62. The van der Waals surface area contributed by atoms with Gasteiger partial charge in [0, 0.05) is 30.4 Å². The van der Waals surface area contributed by atoms with Crippen LogP contribution in [0.3, 0.4) is 0 Å². The maximum absolute atomic E-state index is 13.5. The zero-order valence-electron chi connectivity index (χ0n) is 17.8. The summed E-state index contributed by atoms with van der Waals surface area (Å²) >= 11 is 6.21. The number of likely N-dealkylation sites (tertiary alicyclic amines) is 1. The molecule has 33 heavy (non-hydrogen) atoms. The maximum atomic E-state index is 13.5. The van der Waals surface area contributed by atoms with E-state index >= 15 is 0 Å². The Kier molecular flexibility index (Phi) is 6.37. The number of carbonyl (C=O) groups is 2. The summed E-state index contributed by atoms with van der Waals surface area (Å²) in [6.07, 6.45) is 1.54. The number of aromatic amines is 1. The fraction of sp³-hybridized carbons (Fsp3) is 0.292. The minimum absolute atomic E-state index is 0.217. The standard InChI is InChI=1S/C24H22ClFN2O5/c1-13(23(30)28-8-6-14(7-9-28)24(31)32)33-16-3-5-17-19(11-16)22(29)27-12-20(17)18-4-2-15(26)10-21(18)25/h2-5,10-14H,6-9H2,1H3,(H,27,29)(H,31,32)/t13-/m0/s1. The molecule has 1 amide bonds. The maximum Gasteiger partial charge on any atom is 0.306 e. The molecule has 2 aromatic carbocycles. The number of nitrogens with one attached hydrogen (secondary N) is 1. The van der Waals surface area contributed by atoms with Crippen LogP contribution >= 0.6 is 11.6 Å². The van der Waals surface area contributed by atoms with E-state index in [4.69, 9.17) is 21.4 Å². The van der Waals surface area contributed by atoms with Gasteiger partial charge < -0.3 is 19.7 Å². The molecule has 1 aromatic heterocycles. The molecule has 172 valence electrons. The molecule has 0 unspecified atom stereocenters. The van der Waals surface area contributed by atoms with E-state index in [0.717, 1.165) is 0 Å². The van der Waals surface area contributed by atoms with E-state index in [0.29, 0.717) is 53.6 Å². The number of pyridine rings is 1. The van der Waals surface area contributed by atoms with Crippen LogP contribution in [0.25, 0.3) is 21.9 Å². The summed E-state index contributed by atoms with van der Waals surface area (Å²) in [6, 6.07) is 8.95. The summed E-state index contributed by atoms with van der Waals surface area (Å²) in [7, 11) is 0. The molecule has 7 nitrogen and oxygen atoms in total. The van der Waals surface area contributed by atoms with Crippen molar-refractivity contribution in [3.8, 4) is 16.9 Å². The highest BCUT2D eigenvalue weighted by Gasteiger charge is 2.30. The highest BCUT2D eigenvalue weighted by atomic mass is 35.5. The van der Waals surface area contributed by atoms with Crippen molar-refractivity contribution in [1.29, 1.82) is 0 Å². The molecule has 0 spiro atoms. The molecule has 0 saturated carbocycles. The lowest BCUT2D eigenvalue weighted by atomic mass is 9.97. The van der Waals surface area contributed by atoms with Crippen molar-refractivity contribution in [2.24, 2.45) is 5.92 Å². The van der Waals surface area contributed by atoms with Crippen molar-refractivity contribution < 1.29 is 23.8 Å². The van der Waals surface area contributed by atoms with Crippen LogP contribution in [0, 0.1) is 11.7 Å². The largest absolute Gasteiger partial charge is 0.481 e. The summed E-state index contributed by atoms with van der Waals surface area (Å²) in [4.78, 5) is 40.6. The molecular weight excluding hydrogens is 451 g/mol. The van der Waals surface area contributed by atoms with Crippen LogP contribution in [0.15, 0.2) is 47.4 Å². The van der Waals surface area contributed by atoms with Gasteiger partial charge in [0.25, 0.3) is 11.5 Å². The number of carboxylic acids is 1. The van der Waals surface area contributed by atoms with Crippen molar-refractivity contribution in [3.63, 3.8) is 0 Å². The van der Waals surface area contributed by atoms with Gasteiger partial charge in [-0.05, 0) is 61.5 Å². The molecule has 2 N–H and O–H groups in total. The van der Waals surface area contributed by atoms with Gasteiger partial charge in [-0.15, -0.1) is 0 Å². The highest BCUT2D eigenvalue weighted by molar-refractivity contribution is 6.33.